The van der Waals surface area contributed by atoms with Gasteiger partial charge in [0.05, 0.1) is 12.1 Å². The molecule has 3 nitrogen and oxygen atoms in total. The largest absolute Gasteiger partial charge is 0.479 e. The second-order valence-electron chi connectivity index (χ2n) is 4.02. The molecule has 0 radical (unpaired) electrons. The fourth-order valence-electron chi connectivity index (χ4n) is 2.08. The fraction of sp³-hybridized carbons (Fsp3) is 0.154. The predicted molar refractivity (Wildman–Crippen MR) is 60.2 cm³/mol. The van der Waals surface area contributed by atoms with Crippen LogP contribution in [0.15, 0.2) is 59.1 Å². The van der Waals surface area contributed by atoms with Crippen LogP contribution in [-0.4, -0.2) is 11.9 Å². The molecular weight excluding hydrogens is 202 g/mol. The van der Waals surface area contributed by atoms with E-state index in [0.717, 1.165) is 11.1 Å². The van der Waals surface area contributed by atoms with E-state index < -0.39 is 0 Å². The lowest BCUT2D eigenvalue weighted by molar-refractivity contribution is -0.114. The van der Waals surface area contributed by atoms with Crippen LogP contribution in [0.4, 0.5) is 0 Å². The van der Waals surface area contributed by atoms with Crippen LogP contribution < -0.4 is 5.73 Å². The summed E-state index contributed by atoms with van der Waals surface area (Å²) >= 11 is 0. The zero-order chi connectivity index (χ0) is 11.1. The van der Waals surface area contributed by atoms with E-state index in [-0.39, 0.29) is 18.3 Å². The number of rotatable bonds is 0. The van der Waals surface area contributed by atoms with Crippen LogP contribution in [0.25, 0.3) is 0 Å². The summed E-state index contributed by atoms with van der Waals surface area (Å²) in [5, 5.41) is 0. The molecule has 0 aromatic carbocycles. The maximum Gasteiger partial charge on any atom is 0.162 e. The Balaban J connectivity index is 2.11. The first-order valence-corrected chi connectivity index (χ1v) is 5.21. The molecule has 1 aliphatic heterocycles. The summed E-state index contributed by atoms with van der Waals surface area (Å²) in [4.78, 5) is 11.4. The van der Waals surface area contributed by atoms with Crippen LogP contribution in [0.3, 0.4) is 0 Å². The topological polar surface area (TPSA) is 52.3 Å². The number of nitrogens with two attached hydrogens (primary N) is 1. The third-order valence-corrected chi connectivity index (χ3v) is 2.82. The monoisotopic (exact) mass is 213 g/mol. The molecule has 80 valence electrons. The third-order valence-electron chi connectivity index (χ3n) is 2.82. The lowest BCUT2D eigenvalue weighted by atomic mass is 9.93. The van der Waals surface area contributed by atoms with Gasteiger partial charge in [-0.1, -0.05) is 18.2 Å². The van der Waals surface area contributed by atoms with Crippen LogP contribution in [0.2, 0.25) is 0 Å². The second kappa shape index (κ2) is 3.23. The molecule has 3 rings (SSSR count). The van der Waals surface area contributed by atoms with Crippen LogP contribution in [0.1, 0.15) is 6.42 Å². The van der Waals surface area contributed by atoms with Crippen molar-refractivity contribution in [2.24, 2.45) is 5.73 Å². The van der Waals surface area contributed by atoms with E-state index in [2.05, 4.69) is 0 Å². The highest BCUT2D eigenvalue weighted by atomic mass is 16.5. The number of hydrogen-bond acceptors (Lipinski definition) is 3. The van der Waals surface area contributed by atoms with Gasteiger partial charge in [-0.05, 0) is 23.8 Å². The Morgan fingerprint density at radius 1 is 1.31 bits per heavy atom. The Labute approximate surface area is 93.3 Å². The molecule has 16 heavy (non-hydrogen) atoms. The SMILES string of the molecule is NC1=C2OC3C=CC=CC3=CC2=CC(=O)C1. The average Bonchev–Trinajstić information content (AvgIpc) is 2.27. The quantitative estimate of drug-likeness (QED) is 0.663. The predicted octanol–water partition coefficient (Wildman–Crippen LogP) is 1.51. The molecule has 0 bridgehead atoms. The van der Waals surface area contributed by atoms with Crippen LogP contribution >= 0.6 is 0 Å². The van der Waals surface area contributed by atoms with Gasteiger partial charge in [-0.2, -0.15) is 0 Å². The van der Waals surface area contributed by atoms with E-state index in [0.29, 0.717) is 11.5 Å². The van der Waals surface area contributed by atoms with Crippen molar-refractivity contribution >= 4 is 5.78 Å². The highest BCUT2D eigenvalue weighted by Gasteiger charge is 2.27. The van der Waals surface area contributed by atoms with E-state index in [4.69, 9.17) is 10.5 Å². The van der Waals surface area contributed by atoms with Gasteiger partial charge in [-0.3, -0.25) is 4.79 Å². The smallest absolute Gasteiger partial charge is 0.162 e. The summed E-state index contributed by atoms with van der Waals surface area (Å²) in [7, 11) is 0. The molecule has 1 atom stereocenters. The molecule has 2 N–H and O–H groups in total. The minimum Gasteiger partial charge on any atom is -0.479 e. The Kier molecular flexibility index (Phi) is 1.86. The van der Waals surface area contributed by atoms with Gasteiger partial charge >= 0.3 is 0 Å². The minimum absolute atomic E-state index is 0.0329. The number of carbonyl (C=O) groups is 1. The van der Waals surface area contributed by atoms with Crippen molar-refractivity contribution in [2.45, 2.75) is 12.5 Å². The maximum atomic E-state index is 11.4. The summed E-state index contributed by atoms with van der Waals surface area (Å²) in [6, 6.07) is 0. The zero-order valence-electron chi connectivity index (χ0n) is 8.64. The summed E-state index contributed by atoms with van der Waals surface area (Å²) < 4.78 is 5.78. The van der Waals surface area contributed by atoms with Crippen molar-refractivity contribution in [1.82, 2.24) is 0 Å². The van der Waals surface area contributed by atoms with E-state index in [9.17, 15) is 4.79 Å². The standard InChI is InChI=1S/C13H11NO2/c14-11-7-10(15)6-9-5-8-3-1-2-4-12(8)16-13(9)11/h1-6,12H,7,14H2. The van der Waals surface area contributed by atoms with Gasteiger partial charge in [0.1, 0.15) is 11.9 Å². The van der Waals surface area contributed by atoms with Gasteiger partial charge in [-0.25, -0.2) is 0 Å². The number of ketones is 1. The first kappa shape index (κ1) is 9.21. The van der Waals surface area contributed by atoms with Crippen molar-refractivity contribution < 1.29 is 9.53 Å². The molecule has 0 saturated carbocycles. The van der Waals surface area contributed by atoms with Crippen LogP contribution in [0.5, 0.6) is 0 Å². The zero-order valence-corrected chi connectivity index (χ0v) is 8.64. The summed E-state index contributed by atoms with van der Waals surface area (Å²) in [6.45, 7) is 0. The molecule has 0 amide bonds. The van der Waals surface area contributed by atoms with E-state index in [1.807, 2.05) is 30.4 Å². The van der Waals surface area contributed by atoms with Gasteiger partial charge in [0.25, 0.3) is 0 Å². The van der Waals surface area contributed by atoms with E-state index in [1.165, 1.54) is 0 Å². The van der Waals surface area contributed by atoms with Crippen molar-refractivity contribution in [3.05, 3.63) is 59.1 Å². The molecule has 0 saturated heterocycles. The number of hydrogen-bond donors (Lipinski definition) is 1. The Morgan fingerprint density at radius 3 is 3.06 bits per heavy atom. The van der Waals surface area contributed by atoms with Crippen LogP contribution in [-0.2, 0) is 9.53 Å². The second-order valence-corrected chi connectivity index (χ2v) is 4.02. The lowest BCUT2D eigenvalue weighted by Gasteiger charge is -2.29. The van der Waals surface area contributed by atoms with Crippen molar-refractivity contribution in [1.29, 1.82) is 0 Å². The third kappa shape index (κ3) is 1.33. The highest BCUT2D eigenvalue weighted by molar-refractivity contribution is 5.95. The lowest BCUT2D eigenvalue weighted by Crippen LogP contribution is -2.25. The molecule has 3 heteroatoms. The number of fused-ring (bicyclic) bond motifs is 2. The highest BCUT2D eigenvalue weighted by Crippen LogP contribution is 2.33. The van der Waals surface area contributed by atoms with Crippen molar-refractivity contribution in [2.75, 3.05) is 0 Å². The Hall–Kier alpha value is -2.03. The molecular formula is C13H11NO2. The first-order chi connectivity index (χ1) is 7.74. The van der Waals surface area contributed by atoms with Gasteiger partial charge in [0, 0.05) is 5.57 Å². The number of carbonyl (C=O) groups excluding carboxylic acids is 1. The van der Waals surface area contributed by atoms with Crippen LogP contribution in [0, 0.1) is 0 Å². The molecule has 0 aromatic rings. The molecule has 0 spiro atoms. The van der Waals surface area contributed by atoms with E-state index in [1.54, 1.807) is 6.08 Å². The van der Waals surface area contributed by atoms with E-state index >= 15 is 0 Å². The van der Waals surface area contributed by atoms with Gasteiger partial charge in [0.15, 0.2) is 5.78 Å². The molecule has 1 unspecified atom stereocenters. The Bertz CT molecular complexity index is 518. The number of ether oxygens (including phenoxy) is 1. The van der Waals surface area contributed by atoms with Crippen molar-refractivity contribution in [3.63, 3.8) is 0 Å². The molecule has 0 aromatic heterocycles. The molecule has 1 heterocycles. The fourth-order valence-corrected chi connectivity index (χ4v) is 2.08. The first-order valence-electron chi connectivity index (χ1n) is 5.21. The summed E-state index contributed by atoms with van der Waals surface area (Å²) in [6.07, 6.45) is 11.6. The Morgan fingerprint density at radius 2 is 2.19 bits per heavy atom. The van der Waals surface area contributed by atoms with Gasteiger partial charge in [-0.15, -0.1) is 0 Å². The minimum atomic E-state index is -0.0658. The number of allylic oxidation sites excluding steroid dienone is 5. The summed E-state index contributed by atoms with van der Waals surface area (Å²) in [5.74, 6) is 0.693. The average molecular weight is 213 g/mol. The molecule has 0 fully saturated rings. The maximum absolute atomic E-state index is 11.4. The normalized spacial score (nSPS) is 26.8. The summed E-state index contributed by atoms with van der Waals surface area (Å²) in [5.41, 5.74) is 8.20. The van der Waals surface area contributed by atoms with Gasteiger partial charge < -0.3 is 10.5 Å². The van der Waals surface area contributed by atoms with Gasteiger partial charge in [0.2, 0.25) is 0 Å². The molecule has 3 aliphatic rings. The van der Waals surface area contributed by atoms with Crippen molar-refractivity contribution in [3.8, 4) is 0 Å². The molecule has 2 aliphatic carbocycles.